The third-order valence-electron chi connectivity index (χ3n) is 2.38. The third-order valence-corrected chi connectivity index (χ3v) is 2.38. The molecule has 100 valence electrons. The van der Waals surface area contributed by atoms with Gasteiger partial charge in [-0.3, -0.25) is 0 Å². The molecule has 7 nitrogen and oxygen atoms in total. The first-order valence-corrected chi connectivity index (χ1v) is 5.41. The highest BCUT2D eigenvalue weighted by Gasteiger charge is 2.11. The predicted molar refractivity (Wildman–Crippen MR) is 64.9 cm³/mol. The van der Waals surface area contributed by atoms with Crippen molar-refractivity contribution in [2.45, 2.75) is 13.0 Å². The van der Waals surface area contributed by atoms with Gasteiger partial charge in [-0.05, 0) is 6.92 Å². The third kappa shape index (κ3) is 3.94. The molecule has 0 aliphatic carbocycles. The number of nitrogens with one attached hydrogen (secondary N) is 1. The van der Waals surface area contributed by atoms with Crippen molar-refractivity contribution in [2.75, 3.05) is 32.7 Å². The second kappa shape index (κ2) is 6.87. The number of aromatic carboxylic acids is 1. The van der Waals surface area contributed by atoms with Gasteiger partial charge in [0, 0.05) is 27.0 Å². The highest BCUT2D eigenvalue weighted by Crippen LogP contribution is 2.07. The minimum atomic E-state index is -1.03. The summed E-state index contributed by atoms with van der Waals surface area (Å²) < 4.78 is 10.1. The Morgan fingerprint density at radius 2 is 2.28 bits per heavy atom. The lowest BCUT2D eigenvalue weighted by Crippen LogP contribution is -2.27. The Balaban J connectivity index is 2.63. The SMILES string of the molecule is COCC(CNc1ncc(C(=O)O)c(C)n1)OC. The first-order valence-electron chi connectivity index (χ1n) is 5.41. The summed E-state index contributed by atoms with van der Waals surface area (Å²) >= 11 is 0. The highest BCUT2D eigenvalue weighted by atomic mass is 16.5. The highest BCUT2D eigenvalue weighted by molar-refractivity contribution is 5.88. The van der Waals surface area contributed by atoms with Crippen molar-refractivity contribution in [3.05, 3.63) is 17.5 Å². The molecule has 1 atom stereocenters. The number of ether oxygens (including phenoxy) is 2. The van der Waals surface area contributed by atoms with E-state index in [1.54, 1.807) is 21.1 Å². The van der Waals surface area contributed by atoms with Crippen LogP contribution in [0.3, 0.4) is 0 Å². The van der Waals surface area contributed by atoms with Crippen LogP contribution in [0.4, 0.5) is 5.95 Å². The maximum atomic E-state index is 10.8. The van der Waals surface area contributed by atoms with Crippen LogP contribution in [0.15, 0.2) is 6.20 Å². The molecule has 0 aliphatic rings. The van der Waals surface area contributed by atoms with E-state index in [1.165, 1.54) is 6.20 Å². The van der Waals surface area contributed by atoms with E-state index in [0.29, 0.717) is 24.8 Å². The van der Waals surface area contributed by atoms with Gasteiger partial charge in [0.2, 0.25) is 5.95 Å². The molecule has 0 radical (unpaired) electrons. The molecule has 0 fully saturated rings. The number of aromatic nitrogens is 2. The maximum absolute atomic E-state index is 10.8. The Bertz CT molecular complexity index is 411. The van der Waals surface area contributed by atoms with Crippen LogP contribution in [0, 0.1) is 6.92 Å². The van der Waals surface area contributed by atoms with Gasteiger partial charge in [0.05, 0.1) is 24.0 Å². The van der Waals surface area contributed by atoms with Gasteiger partial charge in [-0.25, -0.2) is 14.8 Å². The van der Waals surface area contributed by atoms with Crippen molar-refractivity contribution in [2.24, 2.45) is 0 Å². The van der Waals surface area contributed by atoms with Crippen LogP contribution in [-0.2, 0) is 9.47 Å². The van der Waals surface area contributed by atoms with Gasteiger partial charge in [-0.1, -0.05) is 0 Å². The Morgan fingerprint density at radius 3 is 2.78 bits per heavy atom. The first-order chi connectivity index (χ1) is 8.58. The van der Waals surface area contributed by atoms with Crippen molar-refractivity contribution in [1.29, 1.82) is 0 Å². The molecule has 1 unspecified atom stereocenters. The number of anilines is 1. The molecule has 1 aromatic rings. The molecule has 0 bridgehead atoms. The number of rotatable bonds is 7. The lowest BCUT2D eigenvalue weighted by atomic mass is 10.2. The quantitative estimate of drug-likeness (QED) is 0.735. The van der Waals surface area contributed by atoms with Gasteiger partial charge >= 0.3 is 5.97 Å². The lowest BCUT2D eigenvalue weighted by molar-refractivity contribution is 0.0364. The fraction of sp³-hybridized carbons (Fsp3) is 0.545. The summed E-state index contributed by atoms with van der Waals surface area (Å²) in [5, 5.41) is 11.8. The number of carboxylic acid groups (broad SMARTS) is 1. The Morgan fingerprint density at radius 1 is 1.56 bits per heavy atom. The Hall–Kier alpha value is -1.73. The van der Waals surface area contributed by atoms with Gasteiger partial charge in [-0.15, -0.1) is 0 Å². The molecule has 18 heavy (non-hydrogen) atoms. The van der Waals surface area contributed by atoms with Crippen LogP contribution in [0.2, 0.25) is 0 Å². The van der Waals surface area contributed by atoms with Crippen molar-refractivity contribution in [3.63, 3.8) is 0 Å². The van der Waals surface area contributed by atoms with Crippen molar-refractivity contribution in [1.82, 2.24) is 9.97 Å². The van der Waals surface area contributed by atoms with Crippen molar-refractivity contribution in [3.8, 4) is 0 Å². The molecule has 7 heteroatoms. The topological polar surface area (TPSA) is 93.6 Å². The van der Waals surface area contributed by atoms with Gasteiger partial charge < -0.3 is 19.9 Å². The molecule has 0 amide bonds. The van der Waals surface area contributed by atoms with E-state index in [9.17, 15) is 4.79 Å². The van der Waals surface area contributed by atoms with Gasteiger partial charge in [-0.2, -0.15) is 0 Å². The summed E-state index contributed by atoms with van der Waals surface area (Å²) in [7, 11) is 3.18. The minimum Gasteiger partial charge on any atom is -0.478 e. The summed E-state index contributed by atoms with van der Waals surface area (Å²) in [4.78, 5) is 18.8. The molecule has 1 rings (SSSR count). The normalized spacial score (nSPS) is 12.2. The number of hydrogen-bond acceptors (Lipinski definition) is 6. The molecule has 0 aromatic carbocycles. The van der Waals surface area contributed by atoms with Crippen LogP contribution in [0.5, 0.6) is 0 Å². The smallest absolute Gasteiger partial charge is 0.339 e. The molecule has 0 saturated carbocycles. The predicted octanol–water partition coefficient (Wildman–Crippen LogP) is 0.557. The van der Waals surface area contributed by atoms with Gasteiger partial charge in [0.25, 0.3) is 0 Å². The van der Waals surface area contributed by atoms with Gasteiger partial charge in [0.15, 0.2) is 0 Å². The molecule has 0 saturated heterocycles. The molecular formula is C11H17N3O4. The number of nitrogens with zero attached hydrogens (tertiary/aromatic N) is 2. The van der Waals surface area contributed by atoms with Crippen LogP contribution in [0.25, 0.3) is 0 Å². The van der Waals surface area contributed by atoms with E-state index >= 15 is 0 Å². The van der Waals surface area contributed by atoms with E-state index in [1.807, 2.05) is 0 Å². The minimum absolute atomic E-state index is 0.0979. The molecule has 1 heterocycles. The molecule has 1 aromatic heterocycles. The largest absolute Gasteiger partial charge is 0.478 e. The van der Waals surface area contributed by atoms with E-state index in [-0.39, 0.29) is 11.7 Å². The Labute approximate surface area is 105 Å². The van der Waals surface area contributed by atoms with Crippen LogP contribution < -0.4 is 5.32 Å². The number of methoxy groups -OCH3 is 2. The fourth-order valence-corrected chi connectivity index (χ4v) is 1.36. The summed E-state index contributed by atoms with van der Waals surface area (Å²) in [6.45, 7) is 2.56. The van der Waals surface area contributed by atoms with E-state index in [2.05, 4.69) is 15.3 Å². The average molecular weight is 255 g/mol. The lowest BCUT2D eigenvalue weighted by Gasteiger charge is -2.15. The molecule has 0 aliphatic heterocycles. The van der Waals surface area contributed by atoms with Crippen LogP contribution in [0.1, 0.15) is 16.1 Å². The monoisotopic (exact) mass is 255 g/mol. The summed E-state index contributed by atoms with van der Waals surface area (Å²) in [6, 6.07) is 0. The number of carboxylic acids is 1. The summed E-state index contributed by atoms with van der Waals surface area (Å²) in [6.07, 6.45) is 1.17. The zero-order chi connectivity index (χ0) is 13.5. The van der Waals surface area contributed by atoms with Crippen LogP contribution in [-0.4, -0.2) is 54.5 Å². The van der Waals surface area contributed by atoms with Crippen molar-refractivity contribution < 1.29 is 19.4 Å². The number of hydrogen-bond donors (Lipinski definition) is 2. The number of carbonyl (C=O) groups is 1. The van der Waals surface area contributed by atoms with E-state index < -0.39 is 5.97 Å². The zero-order valence-corrected chi connectivity index (χ0v) is 10.6. The standard InChI is InChI=1S/C11H17N3O4/c1-7-9(10(15)16)5-13-11(14-7)12-4-8(18-3)6-17-2/h5,8H,4,6H2,1-3H3,(H,15,16)(H,12,13,14). The first kappa shape index (κ1) is 14.3. The molecular weight excluding hydrogens is 238 g/mol. The summed E-state index contributed by atoms with van der Waals surface area (Å²) in [5.41, 5.74) is 0.515. The maximum Gasteiger partial charge on any atom is 0.339 e. The Kier molecular flexibility index (Phi) is 5.47. The van der Waals surface area contributed by atoms with Crippen molar-refractivity contribution >= 4 is 11.9 Å². The average Bonchev–Trinajstić information content (AvgIpc) is 2.34. The van der Waals surface area contributed by atoms with E-state index in [4.69, 9.17) is 14.6 Å². The second-order valence-electron chi connectivity index (χ2n) is 3.69. The van der Waals surface area contributed by atoms with Crippen LogP contribution >= 0.6 is 0 Å². The van der Waals surface area contributed by atoms with E-state index in [0.717, 1.165) is 0 Å². The molecule has 0 spiro atoms. The fourth-order valence-electron chi connectivity index (χ4n) is 1.36. The summed E-state index contributed by atoms with van der Waals surface area (Å²) in [5.74, 6) is -0.663. The molecule has 2 N–H and O–H groups in total. The van der Waals surface area contributed by atoms with Gasteiger partial charge in [0.1, 0.15) is 0 Å². The number of aryl methyl sites for hydroxylation is 1. The zero-order valence-electron chi connectivity index (χ0n) is 10.6. The second-order valence-corrected chi connectivity index (χ2v) is 3.69.